The van der Waals surface area contributed by atoms with Crippen molar-refractivity contribution < 1.29 is 30.9 Å². The van der Waals surface area contributed by atoms with Crippen LogP contribution >= 0.6 is 0 Å². The average molecular weight is 506 g/mol. The van der Waals surface area contributed by atoms with E-state index in [0.717, 1.165) is 17.4 Å². The normalized spacial score (nSPS) is 13.8. The maximum absolute atomic E-state index is 12.6. The maximum atomic E-state index is 12.6. The molecule has 0 aliphatic rings. The summed E-state index contributed by atoms with van der Waals surface area (Å²) in [5.74, 6) is 0.256. The second kappa shape index (κ2) is 10.6. The van der Waals surface area contributed by atoms with Crippen LogP contribution in [-0.2, 0) is 30.9 Å². The second-order valence-corrected chi connectivity index (χ2v) is 11.2. The minimum atomic E-state index is -4.11. The molecule has 0 aliphatic carbocycles. The number of aliphatic hydroxyl groups excluding tert-OH is 1. The van der Waals surface area contributed by atoms with Gasteiger partial charge in [0.05, 0.1) is 16.8 Å². The van der Waals surface area contributed by atoms with Crippen LogP contribution in [0.25, 0.3) is 0 Å². The summed E-state index contributed by atoms with van der Waals surface area (Å²) in [5, 5.41) is 10.8. The molecule has 0 bridgehead atoms. The average Bonchev–Trinajstić information content (AvgIpc) is 2.77. The zero-order valence-electron chi connectivity index (χ0n) is 19.0. The third-order valence-electron chi connectivity index (χ3n) is 4.91. The summed E-state index contributed by atoms with van der Waals surface area (Å²) < 4.78 is 62.3. The van der Waals surface area contributed by atoms with E-state index >= 15 is 0 Å². The first-order valence-electron chi connectivity index (χ1n) is 10.4. The Morgan fingerprint density at radius 2 is 1.59 bits per heavy atom. The van der Waals surface area contributed by atoms with Gasteiger partial charge in [0.25, 0.3) is 10.1 Å². The lowest BCUT2D eigenvalue weighted by atomic mass is 10.0. The fourth-order valence-electron chi connectivity index (χ4n) is 3.16. The lowest BCUT2D eigenvalue weighted by molar-refractivity contribution is 0.0508. The molecule has 2 atom stereocenters. The molecule has 0 radical (unpaired) electrons. The Balaban J connectivity index is 1.81. The van der Waals surface area contributed by atoms with Crippen LogP contribution in [0.15, 0.2) is 77.7 Å². The molecule has 10 heteroatoms. The summed E-state index contributed by atoms with van der Waals surface area (Å²) in [6.45, 7) is 3.45. The van der Waals surface area contributed by atoms with Gasteiger partial charge in [0, 0.05) is 0 Å². The maximum Gasteiger partial charge on any atom is 0.297 e. The fourth-order valence-corrected chi connectivity index (χ4v) is 4.80. The van der Waals surface area contributed by atoms with Crippen LogP contribution in [0.1, 0.15) is 29.7 Å². The van der Waals surface area contributed by atoms with E-state index in [1.165, 1.54) is 37.3 Å². The minimum absolute atomic E-state index is 0.0266. The first kappa shape index (κ1) is 25.7. The highest BCUT2D eigenvalue weighted by atomic mass is 32.2. The molecule has 0 saturated carbocycles. The Labute approximate surface area is 200 Å². The van der Waals surface area contributed by atoms with Gasteiger partial charge in [-0.15, -0.1) is 0 Å². The van der Waals surface area contributed by atoms with Crippen molar-refractivity contribution >= 4 is 25.8 Å². The minimum Gasteiger partial charge on any atom is -0.487 e. The number of sulfonamides is 1. The number of hydrogen-bond acceptors (Lipinski definition) is 7. The van der Waals surface area contributed by atoms with Crippen molar-refractivity contribution in [1.82, 2.24) is 0 Å². The number of anilines is 1. The van der Waals surface area contributed by atoms with E-state index in [2.05, 4.69) is 4.72 Å². The van der Waals surface area contributed by atoms with Gasteiger partial charge >= 0.3 is 0 Å². The molecular weight excluding hydrogens is 478 g/mol. The van der Waals surface area contributed by atoms with Crippen LogP contribution in [0, 0.1) is 6.92 Å². The van der Waals surface area contributed by atoms with E-state index in [-0.39, 0.29) is 28.5 Å². The van der Waals surface area contributed by atoms with E-state index in [1.807, 2.05) is 37.3 Å². The van der Waals surface area contributed by atoms with Crippen LogP contribution in [0.3, 0.4) is 0 Å². The molecule has 0 aromatic heterocycles. The molecule has 3 aromatic carbocycles. The summed E-state index contributed by atoms with van der Waals surface area (Å²) in [6, 6.07) is 19.9. The van der Waals surface area contributed by atoms with E-state index in [1.54, 1.807) is 12.1 Å². The standard InChI is InChI=1S/C24H27NO7S2/c1-17-9-12-21(13-10-17)34(29,30)32-18(2)24(26)20-11-14-23(22(15-20)25-33(3,27)28)31-16-19-7-5-4-6-8-19/h4-15,18,24-26H,16H2,1-3H3/t18-,24+/m1/s1. The summed E-state index contributed by atoms with van der Waals surface area (Å²) in [4.78, 5) is -0.0266. The third kappa shape index (κ3) is 7.04. The van der Waals surface area contributed by atoms with E-state index < -0.39 is 32.3 Å². The van der Waals surface area contributed by atoms with Crippen LogP contribution < -0.4 is 9.46 Å². The van der Waals surface area contributed by atoms with Gasteiger partial charge in [-0.25, -0.2) is 8.42 Å². The Bertz CT molecular complexity index is 1320. The van der Waals surface area contributed by atoms with Gasteiger partial charge in [-0.05, 0) is 49.2 Å². The number of ether oxygens (including phenoxy) is 1. The van der Waals surface area contributed by atoms with Crippen molar-refractivity contribution in [3.05, 3.63) is 89.5 Å². The molecule has 0 fully saturated rings. The van der Waals surface area contributed by atoms with Crippen molar-refractivity contribution in [2.24, 2.45) is 0 Å². The smallest absolute Gasteiger partial charge is 0.297 e. The molecule has 182 valence electrons. The van der Waals surface area contributed by atoms with E-state index in [4.69, 9.17) is 8.92 Å². The van der Waals surface area contributed by atoms with Gasteiger partial charge in [0.1, 0.15) is 24.6 Å². The van der Waals surface area contributed by atoms with Crippen molar-refractivity contribution in [3.63, 3.8) is 0 Å². The lowest BCUT2D eigenvalue weighted by Gasteiger charge is -2.21. The van der Waals surface area contributed by atoms with Crippen LogP contribution in [0.2, 0.25) is 0 Å². The number of nitrogens with one attached hydrogen (secondary N) is 1. The quantitative estimate of drug-likeness (QED) is 0.403. The van der Waals surface area contributed by atoms with Gasteiger partial charge in [0.15, 0.2) is 0 Å². The summed E-state index contributed by atoms with van der Waals surface area (Å²) in [6.07, 6.45) is -1.51. The van der Waals surface area contributed by atoms with Gasteiger partial charge < -0.3 is 9.84 Å². The van der Waals surface area contributed by atoms with Crippen molar-refractivity contribution in [2.45, 2.75) is 37.6 Å². The summed E-state index contributed by atoms with van der Waals surface area (Å²) in [5.41, 5.74) is 2.15. The number of aliphatic hydroxyl groups is 1. The van der Waals surface area contributed by atoms with Crippen LogP contribution in [0.4, 0.5) is 5.69 Å². The molecule has 2 N–H and O–H groups in total. The molecule has 8 nitrogen and oxygen atoms in total. The first-order chi connectivity index (χ1) is 15.9. The molecule has 0 spiro atoms. The zero-order chi connectivity index (χ0) is 24.9. The SMILES string of the molecule is Cc1ccc(S(=O)(=O)O[C@H](C)[C@H](O)c2ccc(OCc3ccccc3)c(NS(C)(=O)=O)c2)cc1. The molecular formula is C24H27NO7S2. The summed E-state index contributed by atoms with van der Waals surface area (Å²) >= 11 is 0. The number of benzene rings is 3. The molecule has 0 unspecified atom stereocenters. The molecule has 34 heavy (non-hydrogen) atoms. The van der Waals surface area contributed by atoms with E-state index in [0.29, 0.717) is 0 Å². The van der Waals surface area contributed by atoms with Gasteiger partial charge in [0.2, 0.25) is 10.0 Å². The Morgan fingerprint density at radius 1 is 0.941 bits per heavy atom. The highest BCUT2D eigenvalue weighted by Gasteiger charge is 2.26. The Morgan fingerprint density at radius 3 is 2.21 bits per heavy atom. The predicted octanol–water partition coefficient (Wildman–Crippen LogP) is 3.77. The van der Waals surface area contributed by atoms with E-state index in [9.17, 15) is 21.9 Å². The molecule has 3 aromatic rings. The molecule has 0 heterocycles. The number of hydrogen-bond donors (Lipinski definition) is 2. The first-order valence-corrected chi connectivity index (χ1v) is 13.7. The number of rotatable bonds is 10. The number of aryl methyl sites for hydroxylation is 1. The van der Waals surface area contributed by atoms with Crippen LogP contribution in [-0.4, -0.2) is 34.3 Å². The highest BCUT2D eigenvalue weighted by molar-refractivity contribution is 7.92. The monoisotopic (exact) mass is 505 g/mol. The van der Waals surface area contributed by atoms with Gasteiger partial charge in [-0.1, -0.05) is 54.1 Å². The van der Waals surface area contributed by atoms with Crippen molar-refractivity contribution in [1.29, 1.82) is 0 Å². The molecule has 3 rings (SSSR count). The van der Waals surface area contributed by atoms with Crippen molar-refractivity contribution in [3.8, 4) is 5.75 Å². The topological polar surface area (TPSA) is 119 Å². The molecule has 0 aliphatic heterocycles. The zero-order valence-corrected chi connectivity index (χ0v) is 20.6. The van der Waals surface area contributed by atoms with Gasteiger partial charge in [-0.3, -0.25) is 8.91 Å². The summed E-state index contributed by atoms with van der Waals surface area (Å²) in [7, 11) is -7.76. The van der Waals surface area contributed by atoms with Crippen LogP contribution in [0.5, 0.6) is 5.75 Å². The largest absolute Gasteiger partial charge is 0.487 e. The van der Waals surface area contributed by atoms with Crippen molar-refractivity contribution in [2.75, 3.05) is 11.0 Å². The molecule has 0 saturated heterocycles. The highest BCUT2D eigenvalue weighted by Crippen LogP contribution is 2.32. The fraction of sp³-hybridized carbons (Fsp3) is 0.250. The lowest BCUT2D eigenvalue weighted by Crippen LogP contribution is -2.23. The predicted molar refractivity (Wildman–Crippen MR) is 130 cm³/mol. The second-order valence-electron chi connectivity index (χ2n) is 7.92. The molecule has 0 amide bonds. The Hall–Kier alpha value is -2.92. The third-order valence-corrected chi connectivity index (χ3v) is 6.91. The van der Waals surface area contributed by atoms with Gasteiger partial charge in [-0.2, -0.15) is 8.42 Å². The Kier molecular flexibility index (Phi) is 7.98.